The fourth-order valence-electron chi connectivity index (χ4n) is 2.27. The number of hydrazone groups is 1. The summed E-state index contributed by atoms with van der Waals surface area (Å²) in [6.45, 7) is 7.60. The maximum Gasteiger partial charge on any atom is 0.254 e. The van der Waals surface area contributed by atoms with Gasteiger partial charge in [0, 0.05) is 30.7 Å². The lowest BCUT2D eigenvalue weighted by atomic mass is 10.2. The number of carbonyl (C=O) groups excluding carboxylic acids is 1. The topological polar surface area (TPSA) is 47.9 Å². The molecule has 1 aliphatic rings. The smallest absolute Gasteiger partial charge is 0.254 e. The minimum Gasteiger partial charge on any atom is -0.301 e. The molecule has 6 heteroatoms. The molecule has 0 aromatic heterocycles. The lowest BCUT2D eigenvalue weighted by Crippen LogP contribution is -2.48. The minimum absolute atomic E-state index is 0.0637. The Hall–Kier alpha value is -1.24. The van der Waals surface area contributed by atoms with Crippen molar-refractivity contribution in [3.05, 3.63) is 34.3 Å². The quantitative estimate of drug-likeness (QED) is 0.645. The number of amides is 1. The molecular formula is C15H21BrN4O. The van der Waals surface area contributed by atoms with E-state index in [0.29, 0.717) is 6.54 Å². The molecule has 1 aliphatic heterocycles. The summed E-state index contributed by atoms with van der Waals surface area (Å²) in [6.07, 6.45) is 1.65. The number of rotatable bonds is 5. The molecule has 0 unspecified atom stereocenters. The first-order valence-electron chi connectivity index (χ1n) is 7.19. The Bertz CT molecular complexity index is 498. The second-order valence-electron chi connectivity index (χ2n) is 5.06. The van der Waals surface area contributed by atoms with Gasteiger partial charge in [0.1, 0.15) is 0 Å². The Morgan fingerprint density at radius 2 is 2.05 bits per heavy atom. The molecule has 0 atom stereocenters. The standard InChI is InChI=1S/C15H21BrN4O/c1-2-19-6-8-20(9-7-19)12-15(21)18-17-11-13-4-3-5-14(16)10-13/h3-5,10-11H,2,6-9,12H2,1H3,(H,18,21)/b17-11+. The number of halogens is 1. The zero-order valence-corrected chi connectivity index (χ0v) is 13.8. The van der Waals surface area contributed by atoms with Crippen LogP contribution < -0.4 is 5.43 Å². The molecule has 1 amide bonds. The van der Waals surface area contributed by atoms with Crippen LogP contribution in [0.4, 0.5) is 0 Å². The van der Waals surface area contributed by atoms with Gasteiger partial charge in [0.25, 0.3) is 5.91 Å². The molecule has 1 aromatic rings. The van der Waals surface area contributed by atoms with Gasteiger partial charge in [-0.2, -0.15) is 5.10 Å². The molecule has 1 fully saturated rings. The molecule has 2 rings (SSSR count). The first-order chi connectivity index (χ1) is 10.2. The van der Waals surface area contributed by atoms with E-state index in [-0.39, 0.29) is 5.91 Å². The normalized spacial score (nSPS) is 17.2. The second kappa shape index (κ2) is 8.26. The molecule has 1 N–H and O–H groups in total. The fraction of sp³-hybridized carbons (Fsp3) is 0.467. The second-order valence-corrected chi connectivity index (χ2v) is 5.97. The van der Waals surface area contributed by atoms with E-state index in [0.717, 1.165) is 42.8 Å². The Balaban J connectivity index is 1.72. The SMILES string of the molecule is CCN1CCN(CC(=O)N/N=C/c2cccc(Br)c2)CC1. The molecule has 0 aliphatic carbocycles. The van der Waals surface area contributed by atoms with E-state index in [1.807, 2.05) is 24.3 Å². The third-order valence-electron chi connectivity index (χ3n) is 3.53. The van der Waals surface area contributed by atoms with Gasteiger partial charge >= 0.3 is 0 Å². The van der Waals surface area contributed by atoms with Crippen molar-refractivity contribution >= 4 is 28.1 Å². The van der Waals surface area contributed by atoms with Crippen molar-refractivity contribution in [3.63, 3.8) is 0 Å². The Labute approximate surface area is 134 Å². The molecule has 5 nitrogen and oxygen atoms in total. The van der Waals surface area contributed by atoms with E-state index >= 15 is 0 Å². The average Bonchev–Trinajstić information content (AvgIpc) is 2.48. The number of hydrogen-bond donors (Lipinski definition) is 1. The van der Waals surface area contributed by atoms with Gasteiger partial charge in [-0.25, -0.2) is 5.43 Å². The largest absolute Gasteiger partial charge is 0.301 e. The monoisotopic (exact) mass is 352 g/mol. The molecule has 21 heavy (non-hydrogen) atoms. The number of hydrogen-bond acceptors (Lipinski definition) is 4. The van der Waals surface area contributed by atoms with Crippen LogP contribution in [0.15, 0.2) is 33.8 Å². The lowest BCUT2D eigenvalue weighted by molar-refractivity contribution is -0.122. The van der Waals surface area contributed by atoms with Crippen LogP contribution >= 0.6 is 15.9 Å². The highest BCUT2D eigenvalue weighted by Crippen LogP contribution is 2.09. The van der Waals surface area contributed by atoms with Crippen molar-refractivity contribution in [2.24, 2.45) is 5.10 Å². The van der Waals surface area contributed by atoms with Gasteiger partial charge in [0.15, 0.2) is 0 Å². The molecule has 0 bridgehead atoms. The van der Waals surface area contributed by atoms with E-state index < -0.39 is 0 Å². The van der Waals surface area contributed by atoms with Gasteiger partial charge < -0.3 is 4.90 Å². The highest BCUT2D eigenvalue weighted by atomic mass is 79.9. The molecule has 0 spiro atoms. The van der Waals surface area contributed by atoms with Gasteiger partial charge in [0.2, 0.25) is 0 Å². The van der Waals surface area contributed by atoms with Gasteiger partial charge in [-0.3, -0.25) is 9.69 Å². The predicted octanol–water partition coefficient (Wildman–Crippen LogP) is 1.54. The van der Waals surface area contributed by atoms with Crippen LogP contribution in [0.5, 0.6) is 0 Å². The van der Waals surface area contributed by atoms with Crippen LogP contribution in [-0.2, 0) is 4.79 Å². The maximum absolute atomic E-state index is 11.8. The summed E-state index contributed by atoms with van der Waals surface area (Å²) in [5.41, 5.74) is 3.53. The third-order valence-corrected chi connectivity index (χ3v) is 4.02. The van der Waals surface area contributed by atoms with Crippen molar-refractivity contribution < 1.29 is 4.79 Å². The van der Waals surface area contributed by atoms with E-state index in [4.69, 9.17) is 0 Å². The van der Waals surface area contributed by atoms with Crippen molar-refractivity contribution in [2.45, 2.75) is 6.92 Å². The van der Waals surface area contributed by atoms with Crippen LogP contribution in [0.3, 0.4) is 0 Å². The van der Waals surface area contributed by atoms with Crippen LogP contribution in [0, 0.1) is 0 Å². The van der Waals surface area contributed by atoms with Gasteiger partial charge in [-0.05, 0) is 24.2 Å². The number of carbonyl (C=O) groups is 1. The molecule has 0 radical (unpaired) electrons. The van der Waals surface area contributed by atoms with Crippen molar-refractivity contribution in [1.82, 2.24) is 15.2 Å². The van der Waals surface area contributed by atoms with Gasteiger partial charge in [-0.15, -0.1) is 0 Å². The average molecular weight is 353 g/mol. The maximum atomic E-state index is 11.8. The van der Waals surface area contributed by atoms with Crippen LogP contribution in [-0.4, -0.2) is 61.2 Å². The number of likely N-dealkylation sites (N-methyl/N-ethyl adjacent to an activating group) is 1. The summed E-state index contributed by atoms with van der Waals surface area (Å²) < 4.78 is 0.992. The van der Waals surface area contributed by atoms with Crippen LogP contribution in [0.2, 0.25) is 0 Å². The molecular weight excluding hydrogens is 332 g/mol. The highest BCUT2D eigenvalue weighted by molar-refractivity contribution is 9.10. The molecule has 0 saturated carbocycles. The van der Waals surface area contributed by atoms with Crippen LogP contribution in [0.1, 0.15) is 12.5 Å². The van der Waals surface area contributed by atoms with Gasteiger partial charge in [0.05, 0.1) is 12.8 Å². The Morgan fingerprint density at radius 1 is 1.33 bits per heavy atom. The first-order valence-corrected chi connectivity index (χ1v) is 7.99. The van der Waals surface area contributed by atoms with E-state index in [9.17, 15) is 4.79 Å². The highest BCUT2D eigenvalue weighted by Gasteiger charge is 2.17. The molecule has 114 valence electrons. The number of piperazine rings is 1. The number of benzene rings is 1. The minimum atomic E-state index is -0.0637. The Morgan fingerprint density at radius 3 is 2.71 bits per heavy atom. The van der Waals surface area contributed by atoms with E-state index in [2.05, 4.69) is 43.2 Å². The summed E-state index contributed by atoms with van der Waals surface area (Å²) in [6, 6.07) is 7.76. The Kier molecular flexibility index (Phi) is 6.35. The van der Waals surface area contributed by atoms with E-state index in [1.54, 1.807) is 6.21 Å². The van der Waals surface area contributed by atoms with Crippen molar-refractivity contribution in [3.8, 4) is 0 Å². The molecule has 1 heterocycles. The fourth-order valence-corrected chi connectivity index (χ4v) is 2.68. The first kappa shape index (κ1) is 16.1. The van der Waals surface area contributed by atoms with Gasteiger partial charge in [-0.1, -0.05) is 35.0 Å². The lowest BCUT2D eigenvalue weighted by Gasteiger charge is -2.33. The van der Waals surface area contributed by atoms with Crippen LogP contribution in [0.25, 0.3) is 0 Å². The molecule has 1 saturated heterocycles. The number of nitrogens with one attached hydrogen (secondary N) is 1. The zero-order valence-electron chi connectivity index (χ0n) is 12.3. The molecule has 1 aromatic carbocycles. The van der Waals surface area contributed by atoms with Crippen molar-refractivity contribution in [2.75, 3.05) is 39.3 Å². The summed E-state index contributed by atoms with van der Waals surface area (Å²) in [5, 5.41) is 4.00. The number of nitrogens with zero attached hydrogens (tertiary/aromatic N) is 3. The third kappa shape index (κ3) is 5.57. The van der Waals surface area contributed by atoms with E-state index in [1.165, 1.54) is 0 Å². The van der Waals surface area contributed by atoms with Crippen molar-refractivity contribution in [1.29, 1.82) is 0 Å². The zero-order chi connectivity index (χ0) is 15.1. The predicted molar refractivity (Wildman–Crippen MR) is 88.4 cm³/mol. The summed E-state index contributed by atoms with van der Waals surface area (Å²) in [5.74, 6) is -0.0637. The summed E-state index contributed by atoms with van der Waals surface area (Å²) in [4.78, 5) is 16.4. The summed E-state index contributed by atoms with van der Waals surface area (Å²) >= 11 is 3.40. The summed E-state index contributed by atoms with van der Waals surface area (Å²) in [7, 11) is 0.